The van der Waals surface area contributed by atoms with Crippen molar-refractivity contribution in [3.8, 4) is 0 Å². The molecule has 9 heteroatoms. The highest BCUT2D eigenvalue weighted by Crippen LogP contribution is 2.27. The van der Waals surface area contributed by atoms with E-state index in [0.717, 1.165) is 38.2 Å². The zero-order valence-corrected chi connectivity index (χ0v) is 24.6. The van der Waals surface area contributed by atoms with Crippen LogP contribution in [-0.2, 0) is 16.0 Å². The number of piperazine rings is 1. The molecule has 2 fully saturated rings. The zero-order chi connectivity index (χ0) is 27.3. The standard InChI is InChI=1S/C29H40ClN5O2S/c1-21-19-34(14-15-35(21)26(36)18-29(2,3)4)25-17-24(30)31-28(32-25)38-20-27(37)33-12-10-23(11-13-33)16-22-8-6-5-7-9-22/h5-9,17,21,23H,10-16,18-20H2,1-4H3. The van der Waals surface area contributed by atoms with Gasteiger partial charge in [0.25, 0.3) is 0 Å². The van der Waals surface area contributed by atoms with Crippen LogP contribution in [0.3, 0.4) is 0 Å². The number of piperidine rings is 1. The summed E-state index contributed by atoms with van der Waals surface area (Å²) >= 11 is 7.69. The lowest BCUT2D eigenvalue weighted by Gasteiger charge is -2.41. The van der Waals surface area contributed by atoms with E-state index in [1.165, 1.54) is 17.3 Å². The Hall–Kier alpha value is -2.32. The lowest BCUT2D eigenvalue weighted by atomic mass is 9.90. The Labute approximate surface area is 236 Å². The van der Waals surface area contributed by atoms with E-state index in [4.69, 9.17) is 16.6 Å². The minimum atomic E-state index is -0.0320. The number of carbonyl (C=O) groups excluding carboxylic acids is 2. The van der Waals surface area contributed by atoms with Crippen molar-refractivity contribution in [1.29, 1.82) is 0 Å². The summed E-state index contributed by atoms with van der Waals surface area (Å²) in [5, 5.41) is 0.879. The molecule has 1 aromatic carbocycles. The lowest BCUT2D eigenvalue weighted by molar-refractivity contribution is -0.135. The first-order valence-electron chi connectivity index (χ1n) is 13.6. The number of hydrogen-bond donors (Lipinski definition) is 0. The Bertz CT molecular complexity index is 1100. The molecule has 4 rings (SSSR count). The second kappa shape index (κ2) is 12.7. The first kappa shape index (κ1) is 28.7. The van der Waals surface area contributed by atoms with E-state index in [2.05, 4.69) is 61.8 Å². The molecule has 0 bridgehead atoms. The Kier molecular flexibility index (Phi) is 9.58. The molecule has 0 spiro atoms. The molecule has 206 valence electrons. The number of amides is 2. The van der Waals surface area contributed by atoms with Crippen LogP contribution in [0.25, 0.3) is 0 Å². The van der Waals surface area contributed by atoms with E-state index in [-0.39, 0.29) is 23.3 Å². The van der Waals surface area contributed by atoms with Gasteiger partial charge in [-0.1, -0.05) is 74.5 Å². The number of anilines is 1. The van der Waals surface area contributed by atoms with E-state index in [9.17, 15) is 9.59 Å². The molecule has 2 aromatic rings. The maximum Gasteiger partial charge on any atom is 0.233 e. The van der Waals surface area contributed by atoms with Gasteiger partial charge in [0.15, 0.2) is 5.16 Å². The minimum absolute atomic E-state index is 0.0320. The quantitative estimate of drug-likeness (QED) is 0.265. The number of halogens is 1. The SMILES string of the molecule is CC1CN(c2cc(Cl)nc(SCC(=O)N3CCC(Cc4ccccc4)CC3)n2)CCN1C(=O)CC(C)(C)C. The molecule has 7 nitrogen and oxygen atoms in total. The summed E-state index contributed by atoms with van der Waals surface area (Å²) in [6.07, 6.45) is 3.68. The highest BCUT2D eigenvalue weighted by atomic mass is 35.5. The Morgan fingerprint density at radius 2 is 1.74 bits per heavy atom. The van der Waals surface area contributed by atoms with Crippen LogP contribution < -0.4 is 4.90 Å². The van der Waals surface area contributed by atoms with Crippen LogP contribution in [0, 0.1) is 11.3 Å². The molecule has 1 atom stereocenters. The fraction of sp³-hybridized carbons (Fsp3) is 0.586. The van der Waals surface area contributed by atoms with Crippen molar-refractivity contribution < 1.29 is 9.59 Å². The van der Waals surface area contributed by atoms with Crippen LogP contribution in [0.2, 0.25) is 5.15 Å². The summed E-state index contributed by atoms with van der Waals surface area (Å²) in [6.45, 7) is 12.0. The second-order valence-electron chi connectivity index (χ2n) is 11.8. The van der Waals surface area contributed by atoms with Crippen LogP contribution in [0.5, 0.6) is 0 Å². The molecule has 0 radical (unpaired) electrons. The Balaban J connectivity index is 1.27. The van der Waals surface area contributed by atoms with Gasteiger partial charge in [-0.05, 0) is 43.1 Å². The van der Waals surface area contributed by atoms with Crippen molar-refractivity contribution in [3.63, 3.8) is 0 Å². The van der Waals surface area contributed by atoms with E-state index < -0.39 is 0 Å². The molecule has 0 aliphatic carbocycles. The third kappa shape index (κ3) is 8.09. The third-order valence-electron chi connectivity index (χ3n) is 7.27. The first-order valence-corrected chi connectivity index (χ1v) is 15.0. The summed E-state index contributed by atoms with van der Waals surface area (Å²) in [6, 6.07) is 12.4. The first-order chi connectivity index (χ1) is 18.1. The molecule has 2 aliphatic rings. The van der Waals surface area contributed by atoms with Gasteiger partial charge < -0.3 is 14.7 Å². The van der Waals surface area contributed by atoms with Crippen molar-refractivity contribution in [2.24, 2.45) is 11.3 Å². The fourth-order valence-electron chi connectivity index (χ4n) is 5.25. The minimum Gasteiger partial charge on any atom is -0.353 e. The second-order valence-corrected chi connectivity index (χ2v) is 13.1. The summed E-state index contributed by atoms with van der Waals surface area (Å²) in [7, 11) is 0. The van der Waals surface area contributed by atoms with E-state index in [1.807, 2.05) is 15.9 Å². The maximum absolute atomic E-state index is 12.9. The molecule has 1 aromatic heterocycles. The average molecular weight is 558 g/mol. The number of carbonyl (C=O) groups is 2. The number of nitrogens with zero attached hydrogens (tertiary/aromatic N) is 5. The molecule has 3 heterocycles. The van der Waals surface area contributed by atoms with Gasteiger partial charge in [0, 0.05) is 51.3 Å². The molecular weight excluding hydrogens is 518 g/mol. The Morgan fingerprint density at radius 1 is 1.03 bits per heavy atom. The van der Waals surface area contributed by atoms with Crippen molar-refractivity contribution in [3.05, 3.63) is 47.1 Å². The molecule has 0 N–H and O–H groups in total. The van der Waals surface area contributed by atoms with Gasteiger partial charge in [-0.2, -0.15) is 0 Å². The Morgan fingerprint density at radius 3 is 2.39 bits per heavy atom. The average Bonchev–Trinajstić information content (AvgIpc) is 2.87. The highest BCUT2D eigenvalue weighted by Gasteiger charge is 2.30. The van der Waals surface area contributed by atoms with Gasteiger partial charge in [0.05, 0.1) is 5.75 Å². The summed E-state index contributed by atoms with van der Waals surface area (Å²) < 4.78 is 0. The maximum atomic E-state index is 12.9. The van der Waals surface area contributed by atoms with Crippen LogP contribution in [0.4, 0.5) is 5.82 Å². The fourth-order valence-corrected chi connectivity index (χ4v) is 6.24. The highest BCUT2D eigenvalue weighted by molar-refractivity contribution is 7.99. The number of rotatable bonds is 7. The largest absolute Gasteiger partial charge is 0.353 e. The molecule has 1 unspecified atom stereocenters. The summed E-state index contributed by atoms with van der Waals surface area (Å²) in [5.41, 5.74) is 1.34. The van der Waals surface area contributed by atoms with Crippen molar-refractivity contribution >= 4 is 41.0 Å². The smallest absolute Gasteiger partial charge is 0.233 e. The van der Waals surface area contributed by atoms with Crippen molar-refractivity contribution in [2.45, 2.75) is 64.6 Å². The van der Waals surface area contributed by atoms with Gasteiger partial charge in [0.1, 0.15) is 11.0 Å². The number of likely N-dealkylation sites (tertiary alicyclic amines) is 1. The predicted molar refractivity (Wildman–Crippen MR) is 155 cm³/mol. The van der Waals surface area contributed by atoms with Gasteiger partial charge in [-0.25, -0.2) is 9.97 Å². The summed E-state index contributed by atoms with van der Waals surface area (Å²) in [5.74, 6) is 1.99. The van der Waals surface area contributed by atoms with E-state index >= 15 is 0 Å². The van der Waals surface area contributed by atoms with Gasteiger partial charge >= 0.3 is 0 Å². The normalized spacial score (nSPS) is 19.1. The topological polar surface area (TPSA) is 69.6 Å². The molecule has 2 amide bonds. The van der Waals surface area contributed by atoms with E-state index in [1.54, 1.807) is 6.07 Å². The van der Waals surface area contributed by atoms with E-state index in [0.29, 0.717) is 48.0 Å². The predicted octanol–water partition coefficient (Wildman–Crippen LogP) is 5.18. The van der Waals surface area contributed by atoms with Crippen molar-refractivity contribution in [2.75, 3.05) is 43.4 Å². The van der Waals surface area contributed by atoms with Gasteiger partial charge in [0.2, 0.25) is 11.8 Å². The van der Waals surface area contributed by atoms with Gasteiger partial charge in [-0.15, -0.1) is 0 Å². The van der Waals surface area contributed by atoms with Crippen LogP contribution in [0.15, 0.2) is 41.6 Å². The monoisotopic (exact) mass is 557 g/mol. The summed E-state index contributed by atoms with van der Waals surface area (Å²) in [4.78, 5) is 40.9. The van der Waals surface area contributed by atoms with Crippen LogP contribution in [0.1, 0.15) is 52.5 Å². The zero-order valence-electron chi connectivity index (χ0n) is 23.0. The number of aromatic nitrogens is 2. The molecule has 2 aliphatic heterocycles. The number of hydrogen-bond acceptors (Lipinski definition) is 6. The van der Waals surface area contributed by atoms with Crippen molar-refractivity contribution in [1.82, 2.24) is 19.8 Å². The lowest BCUT2D eigenvalue weighted by Crippen LogP contribution is -2.54. The van der Waals surface area contributed by atoms with Crippen LogP contribution >= 0.6 is 23.4 Å². The molecule has 0 saturated carbocycles. The van der Waals surface area contributed by atoms with Crippen LogP contribution in [-0.4, -0.2) is 76.1 Å². The number of thioether (sulfide) groups is 1. The molecule has 38 heavy (non-hydrogen) atoms. The van der Waals surface area contributed by atoms with Gasteiger partial charge in [-0.3, -0.25) is 9.59 Å². The third-order valence-corrected chi connectivity index (χ3v) is 8.30. The number of benzene rings is 1. The molecular formula is C29H40ClN5O2S. The molecule has 2 saturated heterocycles.